The summed E-state index contributed by atoms with van der Waals surface area (Å²) in [7, 11) is 1.78. The number of primary amides is 1. The van der Waals surface area contributed by atoms with E-state index in [-0.39, 0.29) is 24.1 Å². The third kappa shape index (κ3) is 4.35. The molecule has 1 aromatic carbocycles. The Labute approximate surface area is 169 Å². The lowest BCUT2D eigenvalue weighted by Crippen LogP contribution is -2.38. The third-order valence-electron chi connectivity index (χ3n) is 5.48. The minimum Gasteiger partial charge on any atom is -0.490 e. The van der Waals surface area contributed by atoms with Crippen molar-refractivity contribution in [3.8, 4) is 5.75 Å². The molecule has 2 N–H and O–H groups in total. The zero-order chi connectivity index (χ0) is 20.4. The van der Waals surface area contributed by atoms with Crippen LogP contribution in [0.5, 0.6) is 5.75 Å². The van der Waals surface area contributed by atoms with Crippen molar-refractivity contribution in [2.24, 2.45) is 12.8 Å². The number of nitrogens with zero attached hydrogens (tertiary/aromatic N) is 3. The summed E-state index contributed by atoms with van der Waals surface area (Å²) in [5, 5.41) is 1.00. The van der Waals surface area contributed by atoms with Gasteiger partial charge in [0, 0.05) is 50.5 Å². The average molecular weight is 394 g/mol. The molecular formula is C22H26N4O3. The number of aromatic nitrogens is 2. The van der Waals surface area contributed by atoms with E-state index < -0.39 is 0 Å². The molecule has 1 aliphatic heterocycles. The number of nitrogens with two attached hydrogens (primary N) is 1. The van der Waals surface area contributed by atoms with Gasteiger partial charge in [-0.05, 0) is 36.6 Å². The van der Waals surface area contributed by atoms with Crippen molar-refractivity contribution in [1.29, 1.82) is 0 Å². The first-order chi connectivity index (χ1) is 14.0. The topological polar surface area (TPSA) is 82.5 Å². The third-order valence-corrected chi connectivity index (χ3v) is 5.48. The number of hydrogen-bond acceptors (Lipinski definition) is 4. The number of benzene rings is 1. The van der Waals surface area contributed by atoms with Gasteiger partial charge in [0.25, 0.3) is 0 Å². The van der Waals surface area contributed by atoms with E-state index in [2.05, 4.69) is 4.90 Å². The molecular weight excluding hydrogens is 368 g/mol. The first-order valence-corrected chi connectivity index (χ1v) is 9.90. The summed E-state index contributed by atoms with van der Waals surface area (Å²) < 4.78 is 9.79. The van der Waals surface area contributed by atoms with Gasteiger partial charge in [0.05, 0.1) is 5.52 Å². The molecule has 0 bridgehead atoms. The molecule has 1 amide bonds. The predicted molar refractivity (Wildman–Crippen MR) is 112 cm³/mol. The monoisotopic (exact) mass is 394 g/mol. The van der Waals surface area contributed by atoms with Gasteiger partial charge in [0.1, 0.15) is 18.4 Å². The van der Waals surface area contributed by atoms with Crippen LogP contribution in [0.4, 0.5) is 0 Å². The van der Waals surface area contributed by atoms with Crippen LogP contribution in [-0.2, 0) is 24.9 Å². The predicted octanol–water partition coefficient (Wildman–Crippen LogP) is 1.87. The lowest BCUT2D eigenvalue weighted by Gasteiger charge is -2.32. The SMILES string of the molecule is Cn1cc(CN2CCC(Oc3cccc4c3ccn4CC(N)=O)CC2)ccc1=O. The number of rotatable bonds is 6. The summed E-state index contributed by atoms with van der Waals surface area (Å²) >= 11 is 0. The summed E-state index contributed by atoms with van der Waals surface area (Å²) in [5.41, 5.74) is 7.44. The molecule has 1 aliphatic rings. The van der Waals surface area contributed by atoms with Crippen molar-refractivity contribution in [3.63, 3.8) is 0 Å². The molecule has 3 aromatic rings. The van der Waals surface area contributed by atoms with E-state index in [1.54, 1.807) is 17.7 Å². The van der Waals surface area contributed by atoms with E-state index >= 15 is 0 Å². The molecule has 1 saturated heterocycles. The van der Waals surface area contributed by atoms with Crippen LogP contribution >= 0.6 is 0 Å². The van der Waals surface area contributed by atoms with Gasteiger partial charge in [-0.15, -0.1) is 0 Å². The minimum atomic E-state index is -0.361. The number of carbonyl (C=O) groups excluding carboxylic acids is 1. The Bertz CT molecular complexity index is 1080. The number of ether oxygens (including phenoxy) is 1. The Kier molecular flexibility index (Phi) is 5.40. The van der Waals surface area contributed by atoms with E-state index in [1.165, 1.54) is 0 Å². The Balaban J connectivity index is 1.38. The molecule has 0 radical (unpaired) electrons. The fraction of sp³-hybridized carbons (Fsp3) is 0.364. The van der Waals surface area contributed by atoms with Crippen LogP contribution in [0.2, 0.25) is 0 Å². The largest absolute Gasteiger partial charge is 0.490 e. The Morgan fingerprint density at radius 1 is 1.17 bits per heavy atom. The van der Waals surface area contributed by atoms with E-state index in [0.29, 0.717) is 0 Å². The van der Waals surface area contributed by atoms with Crippen LogP contribution in [0.15, 0.2) is 53.6 Å². The summed E-state index contributed by atoms with van der Waals surface area (Å²) in [6.45, 7) is 2.90. The molecule has 2 aromatic heterocycles. The summed E-state index contributed by atoms with van der Waals surface area (Å²) in [6, 6.07) is 11.4. The van der Waals surface area contributed by atoms with Crippen LogP contribution in [-0.4, -0.2) is 39.1 Å². The Hall–Kier alpha value is -3.06. The van der Waals surface area contributed by atoms with Crippen molar-refractivity contribution in [1.82, 2.24) is 14.0 Å². The van der Waals surface area contributed by atoms with Crippen molar-refractivity contribution in [2.75, 3.05) is 13.1 Å². The van der Waals surface area contributed by atoms with E-state index in [1.807, 2.05) is 47.3 Å². The van der Waals surface area contributed by atoms with E-state index in [4.69, 9.17) is 10.5 Å². The minimum absolute atomic E-state index is 0.0136. The molecule has 7 nitrogen and oxygen atoms in total. The lowest BCUT2D eigenvalue weighted by atomic mass is 10.1. The van der Waals surface area contributed by atoms with Gasteiger partial charge in [-0.2, -0.15) is 0 Å². The highest BCUT2D eigenvalue weighted by Gasteiger charge is 2.21. The fourth-order valence-electron chi connectivity index (χ4n) is 3.97. The van der Waals surface area contributed by atoms with Crippen LogP contribution in [0.25, 0.3) is 10.9 Å². The molecule has 1 fully saturated rings. The van der Waals surface area contributed by atoms with Gasteiger partial charge < -0.3 is 19.6 Å². The van der Waals surface area contributed by atoms with Crippen molar-refractivity contribution in [3.05, 3.63) is 64.7 Å². The number of piperidine rings is 1. The highest BCUT2D eigenvalue weighted by Crippen LogP contribution is 2.29. The molecule has 29 heavy (non-hydrogen) atoms. The fourth-order valence-corrected chi connectivity index (χ4v) is 3.97. The van der Waals surface area contributed by atoms with Crippen LogP contribution in [0, 0.1) is 0 Å². The lowest BCUT2D eigenvalue weighted by molar-refractivity contribution is -0.118. The van der Waals surface area contributed by atoms with Gasteiger partial charge in [-0.3, -0.25) is 14.5 Å². The highest BCUT2D eigenvalue weighted by molar-refractivity contribution is 5.87. The smallest absolute Gasteiger partial charge is 0.250 e. The first kappa shape index (κ1) is 19.3. The van der Waals surface area contributed by atoms with Gasteiger partial charge in [-0.25, -0.2) is 0 Å². The van der Waals surface area contributed by atoms with E-state index in [9.17, 15) is 9.59 Å². The van der Waals surface area contributed by atoms with Crippen molar-refractivity contribution < 1.29 is 9.53 Å². The van der Waals surface area contributed by atoms with Crippen LogP contribution in [0.1, 0.15) is 18.4 Å². The summed E-state index contributed by atoms with van der Waals surface area (Å²) in [6.07, 6.45) is 5.84. The summed E-state index contributed by atoms with van der Waals surface area (Å²) in [4.78, 5) is 25.2. The maximum atomic E-state index is 11.5. The first-order valence-electron chi connectivity index (χ1n) is 9.90. The number of amides is 1. The second-order valence-corrected chi connectivity index (χ2v) is 7.68. The zero-order valence-electron chi connectivity index (χ0n) is 16.6. The normalized spacial score (nSPS) is 15.6. The van der Waals surface area contributed by atoms with Crippen LogP contribution in [0.3, 0.4) is 0 Å². The van der Waals surface area contributed by atoms with Crippen molar-refractivity contribution >= 4 is 16.8 Å². The molecule has 0 spiro atoms. The number of carbonyl (C=O) groups is 1. The second kappa shape index (κ2) is 8.13. The van der Waals surface area contributed by atoms with E-state index in [0.717, 1.165) is 54.7 Å². The number of likely N-dealkylation sites (tertiary alicyclic amines) is 1. The number of fused-ring (bicyclic) bond motifs is 1. The molecule has 7 heteroatoms. The van der Waals surface area contributed by atoms with Gasteiger partial charge >= 0.3 is 0 Å². The standard InChI is InChI=1S/C22H26N4O3/c1-24-13-16(5-6-22(24)28)14-25-10-7-17(8-11-25)29-20-4-2-3-19-18(20)9-12-26(19)15-21(23)27/h2-6,9,12-13,17H,7-8,10-11,14-15H2,1H3,(H2,23,27). The molecule has 0 atom stereocenters. The zero-order valence-corrected chi connectivity index (χ0v) is 16.6. The number of aryl methyl sites for hydroxylation is 1. The van der Waals surface area contributed by atoms with Crippen LogP contribution < -0.4 is 16.0 Å². The maximum Gasteiger partial charge on any atom is 0.250 e. The molecule has 3 heterocycles. The molecule has 0 aliphatic carbocycles. The van der Waals surface area contributed by atoms with Crippen molar-refractivity contribution in [2.45, 2.75) is 32.0 Å². The molecule has 4 rings (SSSR count). The Morgan fingerprint density at radius 2 is 1.97 bits per heavy atom. The quantitative estimate of drug-likeness (QED) is 0.692. The average Bonchev–Trinajstić information content (AvgIpc) is 3.10. The molecule has 152 valence electrons. The maximum absolute atomic E-state index is 11.5. The number of hydrogen-bond donors (Lipinski definition) is 1. The second-order valence-electron chi connectivity index (χ2n) is 7.68. The highest BCUT2D eigenvalue weighted by atomic mass is 16.5. The van der Waals surface area contributed by atoms with Gasteiger partial charge in [-0.1, -0.05) is 12.1 Å². The Morgan fingerprint density at radius 3 is 2.69 bits per heavy atom. The van der Waals surface area contributed by atoms with Gasteiger partial charge in [0.2, 0.25) is 11.5 Å². The molecule has 0 unspecified atom stereocenters. The summed E-state index contributed by atoms with van der Waals surface area (Å²) in [5.74, 6) is 0.488. The number of pyridine rings is 1. The molecule has 0 saturated carbocycles. The van der Waals surface area contributed by atoms with Gasteiger partial charge in [0.15, 0.2) is 0 Å².